The topological polar surface area (TPSA) is 69.7 Å². The van der Waals surface area contributed by atoms with E-state index in [1.54, 1.807) is 42.5 Å². The highest BCUT2D eigenvalue weighted by Gasteiger charge is 2.56. The van der Waals surface area contributed by atoms with Gasteiger partial charge in [0.2, 0.25) is 0 Å². The Labute approximate surface area is 158 Å². The third kappa shape index (κ3) is 4.93. The first-order valence-electron chi connectivity index (χ1n) is 8.61. The average molecular weight is 392 g/mol. The van der Waals surface area contributed by atoms with Crippen molar-refractivity contribution in [2.75, 3.05) is 13.2 Å². The van der Waals surface area contributed by atoms with Crippen LogP contribution in [0, 0.1) is 11.7 Å². The zero-order valence-corrected chi connectivity index (χ0v) is 15.7. The Hall–Kier alpha value is -2.25. The van der Waals surface area contributed by atoms with Crippen LogP contribution in [0.25, 0.3) is 0 Å². The Morgan fingerprint density at radius 1 is 1.19 bits per heavy atom. The molecular formula is C20H21FO5S. The van der Waals surface area contributed by atoms with E-state index >= 15 is 0 Å². The van der Waals surface area contributed by atoms with Crippen molar-refractivity contribution < 1.29 is 26.5 Å². The van der Waals surface area contributed by atoms with Gasteiger partial charge >= 0.3 is 5.97 Å². The molecule has 2 aromatic carbocycles. The van der Waals surface area contributed by atoms with Crippen molar-refractivity contribution in [3.8, 4) is 0 Å². The summed E-state index contributed by atoms with van der Waals surface area (Å²) in [7, 11) is -3.80. The zero-order valence-electron chi connectivity index (χ0n) is 14.9. The highest BCUT2D eigenvalue weighted by molar-refractivity contribution is 7.85. The molecule has 0 radical (unpaired) electrons. The highest BCUT2D eigenvalue weighted by atomic mass is 32.2. The number of carbonyl (C=O) groups is 1. The lowest BCUT2D eigenvalue weighted by molar-refractivity contribution is -0.141. The third-order valence-electron chi connectivity index (χ3n) is 4.80. The predicted octanol–water partition coefficient (Wildman–Crippen LogP) is 3.19. The smallest absolute Gasteiger partial charge is 0.302 e. The summed E-state index contributed by atoms with van der Waals surface area (Å²) in [5, 5.41) is 0. The lowest BCUT2D eigenvalue weighted by Crippen LogP contribution is -2.24. The van der Waals surface area contributed by atoms with Crippen LogP contribution >= 0.6 is 0 Å². The van der Waals surface area contributed by atoms with E-state index in [0.29, 0.717) is 17.5 Å². The average Bonchev–Trinajstić information content (AvgIpc) is 3.34. The van der Waals surface area contributed by atoms with Gasteiger partial charge in [0.15, 0.2) is 0 Å². The standard InChI is InChI=1S/C20H21FO5S/c1-15(22)25-12-18-11-20(18,17-8-5-9-19(21)10-17)14-26-27(23,24)13-16-6-3-2-4-7-16/h2-10,18H,11-14H2,1H3/t18-,20+/m0/s1. The number of benzene rings is 2. The van der Waals surface area contributed by atoms with Gasteiger partial charge in [0.25, 0.3) is 10.1 Å². The lowest BCUT2D eigenvalue weighted by atomic mass is 9.94. The molecule has 3 rings (SSSR count). The summed E-state index contributed by atoms with van der Waals surface area (Å²) in [4.78, 5) is 11.1. The van der Waals surface area contributed by atoms with Gasteiger partial charge in [-0.3, -0.25) is 8.98 Å². The number of hydrogen-bond acceptors (Lipinski definition) is 5. The quantitative estimate of drug-likeness (QED) is 0.510. The van der Waals surface area contributed by atoms with Gasteiger partial charge in [0, 0.05) is 18.3 Å². The molecule has 5 nitrogen and oxygen atoms in total. The van der Waals surface area contributed by atoms with Crippen LogP contribution in [-0.4, -0.2) is 27.6 Å². The molecule has 2 aromatic rings. The van der Waals surface area contributed by atoms with Gasteiger partial charge in [0.05, 0.1) is 13.2 Å². The SMILES string of the molecule is CC(=O)OC[C@@H]1C[C@@]1(COS(=O)(=O)Cc1ccccc1)c1cccc(F)c1. The first kappa shape index (κ1) is 19.5. The van der Waals surface area contributed by atoms with Crippen LogP contribution in [0.5, 0.6) is 0 Å². The molecule has 0 heterocycles. The van der Waals surface area contributed by atoms with E-state index in [0.717, 1.165) is 0 Å². The van der Waals surface area contributed by atoms with Crippen molar-refractivity contribution in [3.05, 3.63) is 71.5 Å². The minimum atomic E-state index is -3.80. The van der Waals surface area contributed by atoms with E-state index in [1.165, 1.54) is 19.1 Å². The molecule has 0 aliphatic heterocycles. The van der Waals surface area contributed by atoms with E-state index in [2.05, 4.69) is 0 Å². The van der Waals surface area contributed by atoms with Crippen molar-refractivity contribution in [2.24, 2.45) is 5.92 Å². The Balaban J connectivity index is 1.74. The maximum Gasteiger partial charge on any atom is 0.302 e. The van der Waals surface area contributed by atoms with Crippen LogP contribution in [0.4, 0.5) is 4.39 Å². The van der Waals surface area contributed by atoms with Crippen molar-refractivity contribution >= 4 is 16.1 Å². The normalized spacial score (nSPS) is 21.6. The van der Waals surface area contributed by atoms with E-state index in [-0.39, 0.29) is 24.9 Å². The Kier molecular flexibility index (Phi) is 5.62. The first-order chi connectivity index (χ1) is 12.8. The lowest BCUT2D eigenvalue weighted by Gasteiger charge is -2.18. The van der Waals surface area contributed by atoms with Crippen LogP contribution in [0.3, 0.4) is 0 Å². The van der Waals surface area contributed by atoms with Gasteiger partial charge in [-0.15, -0.1) is 0 Å². The largest absolute Gasteiger partial charge is 0.466 e. The molecule has 0 amide bonds. The maximum atomic E-state index is 13.7. The molecule has 0 N–H and O–H groups in total. The number of rotatable bonds is 8. The fraction of sp³-hybridized carbons (Fsp3) is 0.350. The van der Waals surface area contributed by atoms with Crippen LogP contribution in [-0.2, 0) is 35.0 Å². The fourth-order valence-corrected chi connectivity index (χ4v) is 4.32. The highest BCUT2D eigenvalue weighted by Crippen LogP contribution is 2.55. The van der Waals surface area contributed by atoms with E-state index in [4.69, 9.17) is 8.92 Å². The number of esters is 1. The molecule has 1 fully saturated rings. The van der Waals surface area contributed by atoms with Crippen LogP contribution in [0.1, 0.15) is 24.5 Å². The monoisotopic (exact) mass is 392 g/mol. The molecule has 7 heteroatoms. The van der Waals surface area contributed by atoms with Crippen molar-refractivity contribution in [3.63, 3.8) is 0 Å². The molecule has 1 aliphatic carbocycles. The van der Waals surface area contributed by atoms with Crippen molar-refractivity contribution in [1.82, 2.24) is 0 Å². The Bertz CT molecular complexity index is 913. The maximum absolute atomic E-state index is 13.7. The summed E-state index contributed by atoms with van der Waals surface area (Å²) in [5.41, 5.74) is 0.598. The molecule has 0 aromatic heterocycles. The van der Waals surface area contributed by atoms with Gasteiger partial charge < -0.3 is 4.74 Å². The molecular weight excluding hydrogens is 371 g/mol. The van der Waals surface area contributed by atoms with Crippen LogP contribution < -0.4 is 0 Å². The summed E-state index contributed by atoms with van der Waals surface area (Å²) in [6.07, 6.45) is 0.560. The fourth-order valence-electron chi connectivity index (χ4n) is 3.24. The van der Waals surface area contributed by atoms with Gasteiger partial charge in [-0.05, 0) is 29.7 Å². The number of ether oxygens (including phenoxy) is 1. The molecule has 0 saturated heterocycles. The molecule has 2 atom stereocenters. The minimum absolute atomic E-state index is 0.114. The number of carbonyl (C=O) groups excluding carboxylic acids is 1. The number of hydrogen-bond donors (Lipinski definition) is 0. The van der Waals surface area contributed by atoms with Crippen LogP contribution in [0.15, 0.2) is 54.6 Å². The summed E-state index contributed by atoms with van der Waals surface area (Å²) in [6.45, 7) is 1.35. The minimum Gasteiger partial charge on any atom is -0.466 e. The second kappa shape index (κ2) is 7.78. The molecule has 0 bridgehead atoms. The van der Waals surface area contributed by atoms with E-state index in [1.807, 2.05) is 0 Å². The van der Waals surface area contributed by atoms with E-state index < -0.39 is 27.3 Å². The summed E-state index contributed by atoms with van der Waals surface area (Å²) in [6, 6.07) is 14.8. The Morgan fingerprint density at radius 2 is 1.93 bits per heavy atom. The molecule has 1 aliphatic rings. The van der Waals surface area contributed by atoms with Crippen LogP contribution in [0.2, 0.25) is 0 Å². The first-order valence-corrected chi connectivity index (χ1v) is 10.2. The van der Waals surface area contributed by atoms with Crippen molar-refractivity contribution in [2.45, 2.75) is 24.5 Å². The van der Waals surface area contributed by atoms with Gasteiger partial charge in [0.1, 0.15) is 11.6 Å². The molecule has 144 valence electrons. The molecule has 27 heavy (non-hydrogen) atoms. The summed E-state index contributed by atoms with van der Waals surface area (Å²) >= 11 is 0. The van der Waals surface area contributed by atoms with Crippen molar-refractivity contribution in [1.29, 1.82) is 0 Å². The third-order valence-corrected chi connectivity index (χ3v) is 5.97. The molecule has 1 saturated carbocycles. The van der Waals surface area contributed by atoms with E-state index in [9.17, 15) is 17.6 Å². The molecule has 0 spiro atoms. The second-order valence-electron chi connectivity index (χ2n) is 6.82. The summed E-state index contributed by atoms with van der Waals surface area (Å²) in [5.74, 6) is -1.17. The zero-order chi connectivity index (χ0) is 19.5. The summed E-state index contributed by atoms with van der Waals surface area (Å²) < 4.78 is 48.8. The molecule has 0 unspecified atom stereocenters. The Morgan fingerprint density at radius 3 is 2.59 bits per heavy atom. The predicted molar refractivity (Wildman–Crippen MR) is 97.8 cm³/mol. The van der Waals surface area contributed by atoms with Gasteiger partial charge in [-0.1, -0.05) is 42.5 Å². The second-order valence-corrected chi connectivity index (χ2v) is 8.46. The van der Waals surface area contributed by atoms with Gasteiger partial charge in [-0.2, -0.15) is 8.42 Å². The number of halogens is 1. The van der Waals surface area contributed by atoms with Gasteiger partial charge in [-0.25, -0.2) is 4.39 Å².